The van der Waals surface area contributed by atoms with E-state index in [-0.39, 0.29) is 17.8 Å². The second-order valence-corrected chi connectivity index (χ2v) is 8.00. The standard InChI is InChI=1S/C18H22BrNO5/c1-5-24-16(22)14-13(15(21)20-9-18(2,3)4)11-8-10(19)6-7-12(11)25-17(14)23/h6-8,13-14H,5,9H2,1-4H3,(H,20,21)/t13-,14+/m0/s1. The van der Waals surface area contributed by atoms with Gasteiger partial charge in [-0.1, -0.05) is 36.7 Å². The fourth-order valence-electron chi connectivity index (χ4n) is 2.56. The predicted octanol–water partition coefficient (Wildman–Crippen LogP) is 2.79. The zero-order chi connectivity index (χ0) is 18.8. The highest BCUT2D eigenvalue weighted by Gasteiger charge is 2.47. The van der Waals surface area contributed by atoms with Crippen LogP contribution in [-0.4, -0.2) is 31.0 Å². The van der Waals surface area contributed by atoms with Crippen molar-refractivity contribution in [1.29, 1.82) is 0 Å². The Bertz CT molecular complexity index is 695. The van der Waals surface area contributed by atoms with E-state index in [1.807, 2.05) is 20.8 Å². The van der Waals surface area contributed by atoms with Crippen molar-refractivity contribution in [2.75, 3.05) is 13.2 Å². The lowest BCUT2D eigenvalue weighted by atomic mass is 9.82. The number of carbonyl (C=O) groups excluding carboxylic acids is 3. The first kappa shape index (κ1) is 19.4. The Labute approximate surface area is 155 Å². The van der Waals surface area contributed by atoms with Gasteiger partial charge in [-0.15, -0.1) is 0 Å². The van der Waals surface area contributed by atoms with Crippen LogP contribution in [-0.2, 0) is 19.1 Å². The highest BCUT2D eigenvalue weighted by atomic mass is 79.9. The molecule has 0 spiro atoms. The summed E-state index contributed by atoms with van der Waals surface area (Å²) in [5, 5.41) is 2.83. The first-order valence-corrected chi connectivity index (χ1v) is 8.89. The van der Waals surface area contributed by atoms with Gasteiger partial charge in [0, 0.05) is 16.6 Å². The van der Waals surface area contributed by atoms with E-state index in [0.29, 0.717) is 12.1 Å². The molecule has 2 rings (SSSR count). The van der Waals surface area contributed by atoms with Crippen LogP contribution in [0.25, 0.3) is 0 Å². The quantitative estimate of drug-likeness (QED) is 0.467. The molecule has 0 unspecified atom stereocenters. The Hall–Kier alpha value is -1.89. The molecule has 1 aromatic carbocycles. The first-order chi connectivity index (χ1) is 11.6. The molecular formula is C18H22BrNO5. The summed E-state index contributed by atoms with van der Waals surface area (Å²) in [5.41, 5.74) is 0.350. The van der Waals surface area contributed by atoms with Crippen LogP contribution < -0.4 is 10.1 Å². The van der Waals surface area contributed by atoms with Crippen LogP contribution in [0.15, 0.2) is 22.7 Å². The molecule has 1 heterocycles. The van der Waals surface area contributed by atoms with Gasteiger partial charge in [-0.05, 0) is 30.5 Å². The molecule has 0 radical (unpaired) electrons. The number of benzene rings is 1. The summed E-state index contributed by atoms with van der Waals surface area (Å²) >= 11 is 3.35. The molecule has 1 amide bonds. The highest BCUT2D eigenvalue weighted by molar-refractivity contribution is 9.10. The third kappa shape index (κ3) is 4.60. The van der Waals surface area contributed by atoms with E-state index < -0.39 is 29.7 Å². The summed E-state index contributed by atoms with van der Waals surface area (Å²) in [6.45, 7) is 8.12. The Morgan fingerprint density at radius 3 is 2.56 bits per heavy atom. The van der Waals surface area contributed by atoms with E-state index in [4.69, 9.17) is 9.47 Å². The van der Waals surface area contributed by atoms with Crippen molar-refractivity contribution in [2.45, 2.75) is 33.6 Å². The number of amides is 1. The molecule has 1 aliphatic rings. The maximum Gasteiger partial charge on any atom is 0.326 e. The fraction of sp³-hybridized carbons (Fsp3) is 0.500. The largest absolute Gasteiger partial charge is 0.465 e. The monoisotopic (exact) mass is 411 g/mol. The predicted molar refractivity (Wildman–Crippen MR) is 95.1 cm³/mol. The van der Waals surface area contributed by atoms with E-state index in [0.717, 1.165) is 4.47 Å². The van der Waals surface area contributed by atoms with Crippen molar-refractivity contribution in [2.24, 2.45) is 11.3 Å². The topological polar surface area (TPSA) is 81.7 Å². The van der Waals surface area contributed by atoms with Crippen LogP contribution in [0.4, 0.5) is 0 Å². The maximum atomic E-state index is 12.8. The summed E-state index contributed by atoms with van der Waals surface area (Å²) in [4.78, 5) is 37.5. The molecule has 136 valence electrons. The lowest BCUT2D eigenvalue weighted by Crippen LogP contribution is -2.46. The maximum absolute atomic E-state index is 12.8. The van der Waals surface area contributed by atoms with Crippen LogP contribution in [0.5, 0.6) is 5.75 Å². The van der Waals surface area contributed by atoms with Crippen molar-refractivity contribution in [3.05, 3.63) is 28.2 Å². The second-order valence-electron chi connectivity index (χ2n) is 7.09. The molecule has 0 bridgehead atoms. The molecule has 1 aromatic rings. The highest BCUT2D eigenvalue weighted by Crippen LogP contribution is 2.40. The Balaban J connectivity index is 2.43. The molecule has 1 aliphatic heterocycles. The van der Waals surface area contributed by atoms with E-state index in [1.165, 1.54) is 0 Å². The van der Waals surface area contributed by atoms with Gasteiger partial charge < -0.3 is 14.8 Å². The Morgan fingerprint density at radius 2 is 1.96 bits per heavy atom. The lowest BCUT2D eigenvalue weighted by Gasteiger charge is -2.30. The normalized spacial score (nSPS) is 19.6. The van der Waals surface area contributed by atoms with Crippen LogP contribution in [0, 0.1) is 11.3 Å². The van der Waals surface area contributed by atoms with Crippen molar-refractivity contribution >= 4 is 33.8 Å². The number of esters is 2. The van der Waals surface area contributed by atoms with Gasteiger partial charge in [-0.25, -0.2) is 0 Å². The minimum absolute atomic E-state index is 0.115. The van der Waals surface area contributed by atoms with Crippen LogP contribution in [0.2, 0.25) is 0 Å². The van der Waals surface area contributed by atoms with E-state index in [2.05, 4.69) is 21.2 Å². The molecule has 1 N–H and O–H groups in total. The van der Waals surface area contributed by atoms with Gasteiger partial charge in [-0.2, -0.15) is 0 Å². The Kier molecular flexibility index (Phi) is 5.87. The molecule has 0 fully saturated rings. The molecule has 0 saturated carbocycles. The molecule has 0 saturated heterocycles. The summed E-state index contributed by atoms with van der Waals surface area (Å²) < 4.78 is 11.0. The molecule has 0 aromatic heterocycles. The van der Waals surface area contributed by atoms with E-state index in [9.17, 15) is 14.4 Å². The van der Waals surface area contributed by atoms with Crippen molar-refractivity contribution in [3.8, 4) is 5.75 Å². The zero-order valence-corrected chi connectivity index (χ0v) is 16.3. The molecule has 6 nitrogen and oxygen atoms in total. The molecule has 7 heteroatoms. The molecule has 0 aliphatic carbocycles. The van der Waals surface area contributed by atoms with Crippen molar-refractivity contribution < 1.29 is 23.9 Å². The number of hydrogen-bond donors (Lipinski definition) is 1. The van der Waals surface area contributed by atoms with Gasteiger partial charge in [0.25, 0.3) is 0 Å². The molecule has 25 heavy (non-hydrogen) atoms. The number of nitrogens with one attached hydrogen (secondary N) is 1. The number of rotatable bonds is 4. The Morgan fingerprint density at radius 1 is 1.28 bits per heavy atom. The summed E-state index contributed by atoms with van der Waals surface area (Å²) in [6, 6.07) is 5.00. The zero-order valence-electron chi connectivity index (χ0n) is 14.7. The summed E-state index contributed by atoms with van der Waals surface area (Å²) in [6.07, 6.45) is 0. The van der Waals surface area contributed by atoms with E-state index >= 15 is 0 Å². The molecule has 2 atom stereocenters. The smallest absolute Gasteiger partial charge is 0.326 e. The van der Waals surface area contributed by atoms with Crippen molar-refractivity contribution in [3.63, 3.8) is 0 Å². The minimum atomic E-state index is -1.32. The first-order valence-electron chi connectivity index (χ1n) is 8.09. The number of carbonyl (C=O) groups is 3. The number of halogens is 1. The number of ether oxygens (including phenoxy) is 2. The van der Waals surface area contributed by atoms with Gasteiger partial charge in [0.1, 0.15) is 5.75 Å². The van der Waals surface area contributed by atoms with Gasteiger partial charge >= 0.3 is 11.9 Å². The SMILES string of the molecule is CCOC(=O)[C@@H]1C(=O)Oc2ccc(Br)cc2[C@@H]1C(=O)NCC(C)(C)C. The third-order valence-electron chi connectivity index (χ3n) is 3.72. The minimum Gasteiger partial charge on any atom is -0.465 e. The number of fused-ring (bicyclic) bond motifs is 1. The van der Waals surface area contributed by atoms with Gasteiger partial charge in [-0.3, -0.25) is 14.4 Å². The fourth-order valence-corrected chi connectivity index (χ4v) is 2.94. The average Bonchev–Trinajstić information content (AvgIpc) is 2.51. The average molecular weight is 412 g/mol. The summed E-state index contributed by atoms with van der Waals surface area (Å²) in [7, 11) is 0. The van der Waals surface area contributed by atoms with Crippen LogP contribution in [0.3, 0.4) is 0 Å². The second kappa shape index (κ2) is 7.56. The number of hydrogen-bond acceptors (Lipinski definition) is 5. The summed E-state index contributed by atoms with van der Waals surface area (Å²) in [5.74, 6) is -3.95. The van der Waals surface area contributed by atoms with Gasteiger partial charge in [0.2, 0.25) is 5.91 Å². The molecular weight excluding hydrogens is 390 g/mol. The lowest BCUT2D eigenvalue weighted by molar-refractivity contribution is -0.161. The van der Waals surface area contributed by atoms with Gasteiger partial charge in [0.05, 0.1) is 12.5 Å². The van der Waals surface area contributed by atoms with Crippen LogP contribution in [0.1, 0.15) is 39.2 Å². The third-order valence-corrected chi connectivity index (χ3v) is 4.21. The van der Waals surface area contributed by atoms with Gasteiger partial charge in [0.15, 0.2) is 5.92 Å². The van der Waals surface area contributed by atoms with Crippen molar-refractivity contribution in [1.82, 2.24) is 5.32 Å². The van der Waals surface area contributed by atoms with E-state index in [1.54, 1.807) is 25.1 Å². The van der Waals surface area contributed by atoms with Crippen LogP contribution >= 0.6 is 15.9 Å².